The number of nitrogens with zero attached hydrogens (tertiary/aromatic N) is 3. The van der Waals surface area contributed by atoms with Gasteiger partial charge >= 0.3 is 0 Å². The maximum atomic E-state index is 8.09. The molecule has 4 nitrogen and oxygen atoms in total. The van der Waals surface area contributed by atoms with Gasteiger partial charge in [-0.2, -0.15) is 0 Å². The molecule has 0 atom stereocenters. The van der Waals surface area contributed by atoms with Crippen molar-refractivity contribution in [2.75, 3.05) is 13.2 Å². The molecule has 0 heterocycles. The summed E-state index contributed by atoms with van der Waals surface area (Å²) < 4.78 is 6.63. The first kappa shape index (κ1) is 13.9. The molecule has 0 saturated heterocycles. The third-order valence-electron chi connectivity index (χ3n) is 2.28. The molecule has 0 fully saturated rings. The highest BCUT2D eigenvalue weighted by molar-refractivity contribution is 9.10. The van der Waals surface area contributed by atoms with Crippen LogP contribution in [0, 0.1) is 0 Å². The SMILES string of the molecule is [N-]=[N+]=NCCCCCCOc1cccc(Br)c1. The van der Waals surface area contributed by atoms with Gasteiger partial charge in [0, 0.05) is 15.9 Å². The fraction of sp³-hybridized carbons (Fsp3) is 0.500. The van der Waals surface area contributed by atoms with Crippen molar-refractivity contribution >= 4 is 15.9 Å². The van der Waals surface area contributed by atoms with E-state index in [1.807, 2.05) is 24.3 Å². The zero-order valence-electron chi connectivity index (χ0n) is 9.68. The topological polar surface area (TPSA) is 58.0 Å². The van der Waals surface area contributed by atoms with E-state index in [1.165, 1.54) is 0 Å². The number of rotatable bonds is 8. The lowest BCUT2D eigenvalue weighted by molar-refractivity contribution is 0.304. The minimum absolute atomic E-state index is 0.600. The molecule has 0 aromatic heterocycles. The lowest BCUT2D eigenvalue weighted by atomic mass is 10.2. The van der Waals surface area contributed by atoms with Gasteiger partial charge in [0.2, 0.25) is 0 Å². The zero-order chi connectivity index (χ0) is 12.3. The number of unbranched alkanes of at least 4 members (excludes halogenated alkanes) is 3. The van der Waals surface area contributed by atoms with Gasteiger partial charge in [-0.3, -0.25) is 0 Å². The first-order valence-corrected chi connectivity index (χ1v) is 6.51. The van der Waals surface area contributed by atoms with Crippen molar-refractivity contribution in [2.24, 2.45) is 5.11 Å². The molecule has 5 heteroatoms. The summed E-state index contributed by atoms with van der Waals surface area (Å²) in [5.74, 6) is 0.897. The third kappa shape index (κ3) is 6.87. The minimum Gasteiger partial charge on any atom is -0.494 e. The molecule has 1 rings (SSSR count). The van der Waals surface area contributed by atoms with Gasteiger partial charge in [0.15, 0.2) is 0 Å². The Balaban J connectivity index is 2.02. The molecule has 0 saturated carbocycles. The molecule has 0 aliphatic heterocycles. The van der Waals surface area contributed by atoms with Gasteiger partial charge in [-0.1, -0.05) is 40.0 Å². The van der Waals surface area contributed by atoms with Gasteiger partial charge < -0.3 is 4.74 Å². The van der Waals surface area contributed by atoms with Gasteiger partial charge in [-0.15, -0.1) is 0 Å². The van der Waals surface area contributed by atoms with E-state index in [0.717, 1.165) is 42.5 Å². The Labute approximate surface area is 110 Å². The Hall–Kier alpha value is -1.19. The zero-order valence-corrected chi connectivity index (χ0v) is 11.3. The molecule has 0 N–H and O–H groups in total. The summed E-state index contributed by atoms with van der Waals surface area (Å²) in [6.07, 6.45) is 4.18. The molecule has 17 heavy (non-hydrogen) atoms. The fourth-order valence-corrected chi connectivity index (χ4v) is 1.81. The Bertz CT molecular complexity index is 378. The largest absolute Gasteiger partial charge is 0.494 e. The third-order valence-corrected chi connectivity index (χ3v) is 2.77. The quantitative estimate of drug-likeness (QED) is 0.297. The van der Waals surface area contributed by atoms with E-state index in [4.69, 9.17) is 10.3 Å². The second kappa shape index (κ2) is 8.90. The summed E-state index contributed by atoms with van der Waals surface area (Å²) >= 11 is 3.40. The van der Waals surface area contributed by atoms with Gasteiger partial charge in [0.05, 0.1) is 6.61 Å². The van der Waals surface area contributed by atoms with Crippen LogP contribution < -0.4 is 4.74 Å². The van der Waals surface area contributed by atoms with Crippen molar-refractivity contribution in [2.45, 2.75) is 25.7 Å². The van der Waals surface area contributed by atoms with Gasteiger partial charge in [-0.05, 0) is 36.6 Å². The van der Waals surface area contributed by atoms with Crippen LogP contribution in [0.4, 0.5) is 0 Å². The van der Waals surface area contributed by atoms with E-state index in [1.54, 1.807) is 0 Å². The van der Waals surface area contributed by atoms with Crippen LogP contribution in [0.3, 0.4) is 0 Å². The summed E-state index contributed by atoms with van der Waals surface area (Å²) in [4.78, 5) is 2.71. The summed E-state index contributed by atoms with van der Waals surface area (Å²) in [5.41, 5.74) is 8.09. The van der Waals surface area contributed by atoms with E-state index in [9.17, 15) is 0 Å². The number of azide groups is 1. The second-order valence-electron chi connectivity index (χ2n) is 3.67. The lowest BCUT2D eigenvalue weighted by Gasteiger charge is -2.05. The predicted molar refractivity (Wildman–Crippen MR) is 72.1 cm³/mol. The molecule has 0 unspecified atom stereocenters. The first-order chi connectivity index (χ1) is 8.33. The van der Waals surface area contributed by atoms with Crippen LogP contribution in [0.2, 0.25) is 0 Å². The van der Waals surface area contributed by atoms with Crippen LogP contribution in [0.25, 0.3) is 10.4 Å². The van der Waals surface area contributed by atoms with Crippen molar-refractivity contribution in [3.63, 3.8) is 0 Å². The highest BCUT2D eigenvalue weighted by Gasteiger charge is 1.94. The number of halogens is 1. The fourth-order valence-electron chi connectivity index (χ4n) is 1.43. The van der Waals surface area contributed by atoms with E-state index in [2.05, 4.69) is 26.0 Å². The Morgan fingerprint density at radius 2 is 2.06 bits per heavy atom. The highest BCUT2D eigenvalue weighted by Crippen LogP contribution is 2.18. The summed E-state index contributed by atoms with van der Waals surface area (Å²) in [7, 11) is 0. The molecule has 0 amide bonds. The van der Waals surface area contributed by atoms with Gasteiger partial charge in [0.25, 0.3) is 0 Å². The number of ether oxygens (including phenoxy) is 1. The average molecular weight is 298 g/mol. The van der Waals surface area contributed by atoms with Crippen molar-refractivity contribution in [1.29, 1.82) is 0 Å². The van der Waals surface area contributed by atoms with Crippen molar-refractivity contribution < 1.29 is 4.74 Å². The Kier molecular flexibility index (Phi) is 7.27. The van der Waals surface area contributed by atoms with E-state index >= 15 is 0 Å². The molecule has 1 aromatic rings. The first-order valence-electron chi connectivity index (χ1n) is 5.72. The molecule has 1 aromatic carbocycles. The molecule has 0 aliphatic carbocycles. The minimum atomic E-state index is 0.600. The normalized spacial score (nSPS) is 9.71. The number of benzene rings is 1. The summed E-state index contributed by atoms with van der Waals surface area (Å²) in [6.45, 7) is 1.33. The van der Waals surface area contributed by atoms with Crippen LogP contribution in [0.5, 0.6) is 5.75 Å². The van der Waals surface area contributed by atoms with E-state index < -0.39 is 0 Å². The van der Waals surface area contributed by atoms with Crippen molar-refractivity contribution in [1.82, 2.24) is 0 Å². The van der Waals surface area contributed by atoms with Crippen molar-refractivity contribution in [3.8, 4) is 5.75 Å². The van der Waals surface area contributed by atoms with Crippen molar-refractivity contribution in [3.05, 3.63) is 39.2 Å². The number of hydrogen-bond donors (Lipinski definition) is 0. The summed E-state index contributed by atoms with van der Waals surface area (Å²) in [5, 5.41) is 3.49. The lowest BCUT2D eigenvalue weighted by Crippen LogP contribution is -1.97. The molecular weight excluding hydrogens is 282 g/mol. The predicted octanol–water partition coefficient (Wildman–Crippen LogP) is 4.70. The second-order valence-corrected chi connectivity index (χ2v) is 4.59. The maximum Gasteiger partial charge on any atom is 0.120 e. The smallest absolute Gasteiger partial charge is 0.120 e. The molecular formula is C12H16BrN3O. The van der Waals surface area contributed by atoms with Gasteiger partial charge in [-0.25, -0.2) is 0 Å². The molecule has 0 radical (unpaired) electrons. The Morgan fingerprint density at radius 1 is 1.24 bits per heavy atom. The van der Waals surface area contributed by atoms with E-state index in [0.29, 0.717) is 6.54 Å². The molecule has 0 bridgehead atoms. The van der Waals surface area contributed by atoms with Crippen LogP contribution in [-0.4, -0.2) is 13.2 Å². The monoisotopic (exact) mass is 297 g/mol. The summed E-state index contributed by atoms with van der Waals surface area (Å²) in [6, 6.07) is 7.84. The van der Waals surface area contributed by atoms with Crippen LogP contribution in [0.1, 0.15) is 25.7 Å². The number of hydrogen-bond acceptors (Lipinski definition) is 2. The maximum absolute atomic E-state index is 8.09. The van der Waals surface area contributed by atoms with Gasteiger partial charge in [0.1, 0.15) is 5.75 Å². The molecule has 92 valence electrons. The molecule has 0 spiro atoms. The standard InChI is InChI=1S/C12H16BrN3O/c13-11-6-5-7-12(10-11)17-9-4-2-1-3-8-15-16-14/h5-7,10H,1-4,8-9H2. The average Bonchev–Trinajstić information content (AvgIpc) is 2.33. The van der Waals surface area contributed by atoms with E-state index in [-0.39, 0.29) is 0 Å². The van der Waals surface area contributed by atoms with Crippen LogP contribution in [0.15, 0.2) is 33.9 Å². The van der Waals surface area contributed by atoms with Crippen LogP contribution in [-0.2, 0) is 0 Å². The molecule has 0 aliphatic rings. The highest BCUT2D eigenvalue weighted by atomic mass is 79.9. The van der Waals surface area contributed by atoms with Crippen LogP contribution >= 0.6 is 15.9 Å². The Morgan fingerprint density at radius 3 is 2.82 bits per heavy atom.